The van der Waals surface area contributed by atoms with E-state index in [2.05, 4.69) is 10.6 Å². The standard InChI is InChI=1S/C19H20N2O4S/c1-3-12(2)25-14-10-8-13(9-11-14)17(22)21-19(26)20-16-7-5-4-6-15(16)18(23)24/h4-12H,3H2,1-2H3,(H,23,24)(H2,20,21,22,26)/p-1/t12-/m0/s1. The number of hydrogen-bond acceptors (Lipinski definition) is 5. The predicted octanol–water partition coefficient (Wildman–Crippen LogP) is 2.35. The van der Waals surface area contributed by atoms with E-state index < -0.39 is 11.9 Å². The number of para-hydroxylation sites is 1. The highest BCUT2D eigenvalue weighted by atomic mass is 32.1. The smallest absolute Gasteiger partial charge is 0.257 e. The zero-order valence-corrected chi connectivity index (χ0v) is 15.3. The molecule has 1 atom stereocenters. The van der Waals surface area contributed by atoms with Crippen molar-refractivity contribution < 1.29 is 19.4 Å². The van der Waals surface area contributed by atoms with Gasteiger partial charge in [-0.3, -0.25) is 10.1 Å². The summed E-state index contributed by atoms with van der Waals surface area (Å²) in [5.41, 5.74) is 0.601. The molecule has 1 amide bonds. The topological polar surface area (TPSA) is 90.5 Å². The highest BCUT2D eigenvalue weighted by Gasteiger charge is 2.10. The van der Waals surface area contributed by atoms with Gasteiger partial charge >= 0.3 is 0 Å². The first kappa shape index (κ1) is 19.4. The van der Waals surface area contributed by atoms with Crippen LogP contribution >= 0.6 is 12.2 Å². The summed E-state index contributed by atoms with van der Waals surface area (Å²) in [5.74, 6) is -1.07. The van der Waals surface area contributed by atoms with E-state index in [-0.39, 0.29) is 22.5 Å². The number of rotatable bonds is 6. The van der Waals surface area contributed by atoms with E-state index in [4.69, 9.17) is 17.0 Å². The molecule has 0 aliphatic carbocycles. The van der Waals surface area contributed by atoms with Crippen LogP contribution in [-0.4, -0.2) is 23.1 Å². The zero-order valence-electron chi connectivity index (χ0n) is 14.4. The minimum atomic E-state index is -1.33. The molecule has 0 aliphatic rings. The van der Waals surface area contributed by atoms with E-state index in [0.717, 1.165) is 6.42 Å². The number of nitrogens with one attached hydrogen (secondary N) is 2. The lowest BCUT2D eigenvalue weighted by Crippen LogP contribution is -2.35. The monoisotopic (exact) mass is 371 g/mol. The molecule has 0 heterocycles. The second kappa shape index (κ2) is 8.96. The van der Waals surface area contributed by atoms with Crippen LogP contribution in [-0.2, 0) is 0 Å². The molecule has 0 saturated carbocycles. The minimum Gasteiger partial charge on any atom is -0.545 e. The van der Waals surface area contributed by atoms with Gasteiger partial charge in [0, 0.05) is 16.8 Å². The third-order valence-corrected chi connectivity index (χ3v) is 3.86. The number of benzene rings is 2. The molecule has 7 heteroatoms. The van der Waals surface area contributed by atoms with E-state index in [1.807, 2.05) is 13.8 Å². The zero-order chi connectivity index (χ0) is 19.1. The molecule has 0 fully saturated rings. The molecule has 136 valence electrons. The molecule has 0 unspecified atom stereocenters. The Bertz CT molecular complexity index is 805. The Hall–Kier alpha value is -2.93. The normalized spacial score (nSPS) is 11.3. The van der Waals surface area contributed by atoms with E-state index >= 15 is 0 Å². The summed E-state index contributed by atoms with van der Waals surface area (Å²) in [7, 11) is 0. The summed E-state index contributed by atoms with van der Waals surface area (Å²) < 4.78 is 5.66. The maximum absolute atomic E-state index is 12.2. The number of anilines is 1. The first-order valence-corrected chi connectivity index (χ1v) is 8.51. The van der Waals surface area contributed by atoms with Crippen LogP contribution in [0.25, 0.3) is 0 Å². The van der Waals surface area contributed by atoms with Crippen molar-refractivity contribution in [1.29, 1.82) is 0 Å². The quantitative estimate of drug-likeness (QED) is 0.758. The fraction of sp³-hybridized carbons (Fsp3) is 0.211. The van der Waals surface area contributed by atoms with Gasteiger partial charge in [-0.2, -0.15) is 0 Å². The summed E-state index contributed by atoms with van der Waals surface area (Å²) in [6, 6.07) is 12.8. The fourth-order valence-corrected chi connectivity index (χ4v) is 2.30. The van der Waals surface area contributed by atoms with Crippen molar-refractivity contribution in [3.05, 3.63) is 59.7 Å². The van der Waals surface area contributed by atoms with Gasteiger partial charge in [-0.1, -0.05) is 25.1 Å². The molecule has 26 heavy (non-hydrogen) atoms. The molecule has 2 N–H and O–H groups in total. The Balaban J connectivity index is 1.99. The number of carboxylic acids is 1. The second-order valence-corrected chi connectivity index (χ2v) is 6.01. The number of aromatic carboxylic acids is 1. The number of thiocarbonyl (C=S) groups is 1. The third kappa shape index (κ3) is 5.29. The van der Waals surface area contributed by atoms with Crippen LogP contribution in [0.3, 0.4) is 0 Å². The van der Waals surface area contributed by atoms with Crippen LogP contribution in [0.5, 0.6) is 5.75 Å². The van der Waals surface area contributed by atoms with Gasteiger partial charge in [0.25, 0.3) is 5.91 Å². The summed E-state index contributed by atoms with van der Waals surface area (Å²) in [6.45, 7) is 3.99. The van der Waals surface area contributed by atoms with Crippen LogP contribution in [0.4, 0.5) is 5.69 Å². The van der Waals surface area contributed by atoms with Gasteiger partial charge in [0.1, 0.15) is 5.75 Å². The number of carbonyl (C=O) groups is 2. The third-order valence-electron chi connectivity index (χ3n) is 3.65. The molecule has 6 nitrogen and oxygen atoms in total. The molecule has 2 aromatic carbocycles. The molecule has 0 radical (unpaired) electrons. The van der Waals surface area contributed by atoms with Gasteiger partial charge < -0.3 is 20.0 Å². The lowest BCUT2D eigenvalue weighted by atomic mass is 10.2. The van der Waals surface area contributed by atoms with Gasteiger partial charge in [-0.15, -0.1) is 0 Å². The van der Waals surface area contributed by atoms with Gasteiger partial charge in [-0.05, 0) is 55.9 Å². The van der Waals surface area contributed by atoms with Crippen LogP contribution in [0.2, 0.25) is 0 Å². The Morgan fingerprint density at radius 3 is 2.42 bits per heavy atom. The van der Waals surface area contributed by atoms with Crippen molar-refractivity contribution in [2.24, 2.45) is 0 Å². The number of hydrogen-bond donors (Lipinski definition) is 2. The highest BCUT2D eigenvalue weighted by molar-refractivity contribution is 7.80. The van der Waals surface area contributed by atoms with Crippen molar-refractivity contribution in [1.82, 2.24) is 5.32 Å². The molecule has 2 rings (SSSR count). The molecular weight excluding hydrogens is 352 g/mol. The van der Waals surface area contributed by atoms with Gasteiger partial charge in [0.05, 0.1) is 12.1 Å². The largest absolute Gasteiger partial charge is 0.545 e. The lowest BCUT2D eigenvalue weighted by molar-refractivity contribution is -0.254. The Labute approximate surface area is 157 Å². The van der Waals surface area contributed by atoms with Gasteiger partial charge in [-0.25, -0.2) is 0 Å². The molecule has 0 saturated heterocycles. The predicted molar refractivity (Wildman–Crippen MR) is 101 cm³/mol. The average molecular weight is 371 g/mol. The van der Waals surface area contributed by atoms with Gasteiger partial charge in [0.15, 0.2) is 5.11 Å². The van der Waals surface area contributed by atoms with E-state index in [9.17, 15) is 14.7 Å². The summed E-state index contributed by atoms with van der Waals surface area (Å²) in [6.07, 6.45) is 0.977. The fourth-order valence-electron chi connectivity index (χ4n) is 2.10. The van der Waals surface area contributed by atoms with Crippen LogP contribution in [0, 0.1) is 0 Å². The van der Waals surface area contributed by atoms with Gasteiger partial charge in [0.2, 0.25) is 0 Å². The maximum atomic E-state index is 12.2. The number of ether oxygens (including phenoxy) is 1. The van der Waals surface area contributed by atoms with Crippen molar-refractivity contribution >= 4 is 34.9 Å². The molecule has 0 aromatic heterocycles. The average Bonchev–Trinajstić information content (AvgIpc) is 2.62. The van der Waals surface area contributed by atoms with Crippen LogP contribution < -0.4 is 20.5 Å². The summed E-state index contributed by atoms with van der Waals surface area (Å²) in [5, 5.41) is 16.3. The first-order chi connectivity index (χ1) is 12.4. The lowest BCUT2D eigenvalue weighted by Gasteiger charge is -2.14. The SMILES string of the molecule is CC[C@H](C)Oc1ccc(C(=O)NC(=S)Nc2ccccc2C(=O)[O-])cc1. The van der Waals surface area contributed by atoms with Crippen molar-refractivity contribution in [2.45, 2.75) is 26.4 Å². The Morgan fingerprint density at radius 2 is 1.81 bits per heavy atom. The van der Waals surface area contributed by atoms with E-state index in [0.29, 0.717) is 11.3 Å². The summed E-state index contributed by atoms with van der Waals surface area (Å²) >= 11 is 5.08. The Kier molecular flexibility index (Phi) is 6.68. The van der Waals surface area contributed by atoms with Crippen molar-refractivity contribution in [2.75, 3.05) is 5.32 Å². The van der Waals surface area contributed by atoms with Crippen LogP contribution in [0.15, 0.2) is 48.5 Å². The number of carbonyl (C=O) groups excluding carboxylic acids is 2. The van der Waals surface area contributed by atoms with E-state index in [1.54, 1.807) is 36.4 Å². The summed E-state index contributed by atoms with van der Waals surface area (Å²) in [4.78, 5) is 23.3. The highest BCUT2D eigenvalue weighted by Crippen LogP contribution is 2.16. The molecule has 2 aromatic rings. The molecule has 0 aliphatic heterocycles. The molecule has 0 bridgehead atoms. The minimum absolute atomic E-state index is 0.0105. The Morgan fingerprint density at radius 1 is 1.15 bits per heavy atom. The molecular formula is C19H19N2O4S-. The van der Waals surface area contributed by atoms with E-state index in [1.165, 1.54) is 12.1 Å². The first-order valence-electron chi connectivity index (χ1n) is 8.10. The maximum Gasteiger partial charge on any atom is 0.257 e. The molecule has 0 spiro atoms. The second-order valence-electron chi connectivity index (χ2n) is 5.60. The van der Waals surface area contributed by atoms with Crippen molar-refractivity contribution in [3.8, 4) is 5.75 Å². The van der Waals surface area contributed by atoms with Crippen molar-refractivity contribution in [3.63, 3.8) is 0 Å². The number of amides is 1. The van der Waals surface area contributed by atoms with Crippen LogP contribution in [0.1, 0.15) is 41.0 Å². The number of carboxylic acid groups (broad SMARTS) is 1.